The Hall–Kier alpha value is -2.17. The van der Waals surface area contributed by atoms with E-state index >= 15 is 0 Å². The number of anilines is 1. The van der Waals surface area contributed by atoms with Crippen LogP contribution >= 0.6 is 0 Å². The van der Waals surface area contributed by atoms with Crippen LogP contribution in [0.15, 0.2) is 30.9 Å². The molecule has 2 N–H and O–H groups in total. The topological polar surface area (TPSA) is 73.8 Å². The van der Waals surface area contributed by atoms with Crippen molar-refractivity contribution >= 4 is 11.5 Å². The number of aryl methyl sites for hydroxylation is 1. The summed E-state index contributed by atoms with van der Waals surface area (Å²) in [6.45, 7) is 0. The van der Waals surface area contributed by atoms with Crippen molar-refractivity contribution in [3.05, 3.63) is 42.2 Å². The van der Waals surface area contributed by atoms with Gasteiger partial charge in [-0.1, -0.05) is 0 Å². The van der Waals surface area contributed by atoms with E-state index < -0.39 is 0 Å². The van der Waals surface area contributed by atoms with E-state index in [4.69, 9.17) is 5.73 Å². The third kappa shape index (κ3) is 1.71. The van der Waals surface area contributed by atoms with Crippen LogP contribution < -0.4 is 5.73 Å². The summed E-state index contributed by atoms with van der Waals surface area (Å²) in [5.41, 5.74) is 6.90. The molecule has 2 aromatic heterocycles. The van der Waals surface area contributed by atoms with Gasteiger partial charge in [0.1, 0.15) is 11.4 Å². The highest BCUT2D eigenvalue weighted by molar-refractivity contribution is 6.06. The lowest BCUT2D eigenvalue weighted by Gasteiger charge is -2.00. The van der Waals surface area contributed by atoms with Gasteiger partial charge in [0.05, 0.1) is 24.4 Å². The van der Waals surface area contributed by atoms with E-state index in [1.54, 1.807) is 30.1 Å². The van der Waals surface area contributed by atoms with Gasteiger partial charge in [-0.2, -0.15) is 0 Å². The Morgan fingerprint density at radius 3 is 2.73 bits per heavy atom. The normalized spacial score (nSPS) is 10.2. The summed E-state index contributed by atoms with van der Waals surface area (Å²) in [6.07, 6.45) is 4.55. The second-order valence-electron chi connectivity index (χ2n) is 3.20. The molecule has 2 aromatic rings. The number of nitrogens with zero attached hydrogens (tertiary/aromatic N) is 3. The number of rotatable bonds is 2. The van der Waals surface area contributed by atoms with Gasteiger partial charge in [0, 0.05) is 7.05 Å². The maximum absolute atomic E-state index is 11.9. The van der Waals surface area contributed by atoms with Gasteiger partial charge in [-0.15, -0.1) is 0 Å². The van der Waals surface area contributed by atoms with Crippen molar-refractivity contribution < 1.29 is 4.79 Å². The SMILES string of the molecule is Cn1cncc1C(=O)c1ccc(N)cn1. The van der Waals surface area contributed by atoms with Crippen LogP contribution in [-0.4, -0.2) is 20.3 Å². The Labute approximate surface area is 86.6 Å². The largest absolute Gasteiger partial charge is 0.397 e. The molecule has 2 heterocycles. The molecule has 0 unspecified atom stereocenters. The molecule has 0 spiro atoms. The Balaban J connectivity index is 2.37. The van der Waals surface area contributed by atoms with E-state index in [9.17, 15) is 4.79 Å². The lowest BCUT2D eigenvalue weighted by Crippen LogP contribution is -2.08. The number of carbonyl (C=O) groups excluding carboxylic acids is 1. The number of pyridine rings is 1. The smallest absolute Gasteiger partial charge is 0.229 e. The maximum Gasteiger partial charge on any atom is 0.229 e. The van der Waals surface area contributed by atoms with Crippen molar-refractivity contribution in [1.82, 2.24) is 14.5 Å². The summed E-state index contributed by atoms with van der Waals surface area (Å²) in [5, 5.41) is 0. The summed E-state index contributed by atoms with van der Waals surface area (Å²) >= 11 is 0. The highest BCUT2D eigenvalue weighted by Crippen LogP contribution is 2.07. The number of hydrogen-bond acceptors (Lipinski definition) is 4. The van der Waals surface area contributed by atoms with Crippen LogP contribution in [0, 0.1) is 0 Å². The Kier molecular flexibility index (Phi) is 2.21. The molecule has 2 rings (SSSR count). The van der Waals surface area contributed by atoms with Crippen LogP contribution in [0.1, 0.15) is 16.2 Å². The van der Waals surface area contributed by atoms with Crippen molar-refractivity contribution in [3.8, 4) is 0 Å². The van der Waals surface area contributed by atoms with E-state index in [1.807, 2.05) is 0 Å². The molecular formula is C10H10N4O. The molecule has 76 valence electrons. The molecule has 0 saturated carbocycles. The zero-order valence-corrected chi connectivity index (χ0v) is 8.21. The lowest BCUT2D eigenvalue weighted by molar-refractivity contribution is 0.102. The molecule has 0 amide bonds. The molecule has 5 nitrogen and oxygen atoms in total. The average Bonchev–Trinajstić information content (AvgIpc) is 2.65. The minimum absolute atomic E-state index is 0.157. The van der Waals surface area contributed by atoms with E-state index in [-0.39, 0.29) is 5.78 Å². The first-order valence-corrected chi connectivity index (χ1v) is 4.41. The van der Waals surface area contributed by atoms with Gasteiger partial charge in [-0.3, -0.25) is 9.78 Å². The minimum Gasteiger partial charge on any atom is -0.397 e. The highest BCUT2D eigenvalue weighted by atomic mass is 16.1. The minimum atomic E-state index is -0.157. The van der Waals surface area contributed by atoms with Crippen LogP contribution in [0.2, 0.25) is 0 Å². The second kappa shape index (κ2) is 3.53. The average molecular weight is 202 g/mol. The molecule has 0 aliphatic heterocycles. The molecule has 15 heavy (non-hydrogen) atoms. The number of nitrogens with two attached hydrogens (primary N) is 1. The first kappa shape index (κ1) is 9.39. The van der Waals surface area contributed by atoms with E-state index in [2.05, 4.69) is 9.97 Å². The van der Waals surface area contributed by atoms with E-state index in [0.29, 0.717) is 17.1 Å². The standard InChI is InChI=1S/C10H10N4O/c1-14-6-12-5-9(14)10(15)8-3-2-7(11)4-13-8/h2-6H,11H2,1H3. The molecule has 0 atom stereocenters. The quantitative estimate of drug-likeness (QED) is 0.725. The molecule has 0 aliphatic carbocycles. The Morgan fingerprint density at radius 1 is 1.40 bits per heavy atom. The molecule has 0 radical (unpaired) electrons. The van der Waals surface area contributed by atoms with E-state index in [0.717, 1.165) is 0 Å². The fourth-order valence-corrected chi connectivity index (χ4v) is 1.25. The third-order valence-corrected chi connectivity index (χ3v) is 2.07. The van der Waals surface area contributed by atoms with Gasteiger partial charge in [-0.05, 0) is 12.1 Å². The number of imidazole rings is 1. The Bertz CT molecular complexity index is 486. The van der Waals surface area contributed by atoms with Gasteiger partial charge in [-0.25, -0.2) is 4.98 Å². The van der Waals surface area contributed by atoms with Crippen molar-refractivity contribution in [2.75, 3.05) is 5.73 Å². The van der Waals surface area contributed by atoms with Crippen LogP contribution in [0.3, 0.4) is 0 Å². The fourth-order valence-electron chi connectivity index (χ4n) is 1.25. The highest BCUT2D eigenvalue weighted by Gasteiger charge is 2.13. The molecular weight excluding hydrogens is 192 g/mol. The van der Waals surface area contributed by atoms with E-state index in [1.165, 1.54) is 12.4 Å². The summed E-state index contributed by atoms with van der Waals surface area (Å²) < 4.78 is 1.65. The summed E-state index contributed by atoms with van der Waals surface area (Å²) in [7, 11) is 1.76. The predicted molar refractivity (Wildman–Crippen MR) is 55.3 cm³/mol. The monoisotopic (exact) mass is 202 g/mol. The van der Waals surface area contributed by atoms with Crippen LogP contribution in [0.5, 0.6) is 0 Å². The molecule has 0 fully saturated rings. The van der Waals surface area contributed by atoms with Crippen molar-refractivity contribution in [1.29, 1.82) is 0 Å². The number of ketones is 1. The van der Waals surface area contributed by atoms with Gasteiger partial charge < -0.3 is 10.3 Å². The number of carbonyl (C=O) groups is 1. The zero-order chi connectivity index (χ0) is 10.8. The maximum atomic E-state index is 11.9. The van der Waals surface area contributed by atoms with Crippen molar-refractivity contribution in [2.45, 2.75) is 0 Å². The zero-order valence-electron chi connectivity index (χ0n) is 8.21. The number of nitrogen functional groups attached to an aromatic ring is 1. The van der Waals surface area contributed by atoms with Crippen molar-refractivity contribution in [2.24, 2.45) is 7.05 Å². The summed E-state index contributed by atoms with van der Waals surface area (Å²) in [6, 6.07) is 3.25. The number of hydrogen-bond donors (Lipinski definition) is 1. The Morgan fingerprint density at radius 2 is 2.20 bits per heavy atom. The summed E-state index contributed by atoms with van der Waals surface area (Å²) in [5.74, 6) is -0.157. The number of aromatic nitrogens is 3. The van der Waals surface area contributed by atoms with Crippen LogP contribution in [-0.2, 0) is 7.05 Å². The van der Waals surface area contributed by atoms with Crippen LogP contribution in [0.4, 0.5) is 5.69 Å². The molecule has 0 aromatic carbocycles. The fraction of sp³-hybridized carbons (Fsp3) is 0.100. The van der Waals surface area contributed by atoms with Gasteiger partial charge in [0.15, 0.2) is 0 Å². The second-order valence-corrected chi connectivity index (χ2v) is 3.20. The third-order valence-electron chi connectivity index (χ3n) is 2.07. The van der Waals surface area contributed by atoms with Gasteiger partial charge in [0.25, 0.3) is 0 Å². The molecule has 0 saturated heterocycles. The van der Waals surface area contributed by atoms with Crippen LogP contribution in [0.25, 0.3) is 0 Å². The first-order chi connectivity index (χ1) is 7.18. The molecule has 0 aliphatic rings. The lowest BCUT2D eigenvalue weighted by atomic mass is 10.2. The first-order valence-electron chi connectivity index (χ1n) is 4.41. The molecule has 5 heteroatoms. The molecule has 0 bridgehead atoms. The predicted octanol–water partition coefficient (Wildman–Crippen LogP) is 0.628. The van der Waals surface area contributed by atoms with Gasteiger partial charge in [0.2, 0.25) is 5.78 Å². The summed E-state index contributed by atoms with van der Waals surface area (Å²) in [4.78, 5) is 19.7. The van der Waals surface area contributed by atoms with Gasteiger partial charge >= 0.3 is 0 Å². The van der Waals surface area contributed by atoms with Crippen molar-refractivity contribution in [3.63, 3.8) is 0 Å².